The molecule has 3 rings (SSSR count). The third-order valence-corrected chi connectivity index (χ3v) is 5.89. The van der Waals surface area contributed by atoms with E-state index in [-0.39, 0.29) is 17.6 Å². The zero-order valence-corrected chi connectivity index (χ0v) is 16.7. The van der Waals surface area contributed by atoms with Crippen LogP contribution >= 0.6 is 11.3 Å². The minimum Gasteiger partial charge on any atom is -0.406 e. The van der Waals surface area contributed by atoms with Crippen molar-refractivity contribution in [1.82, 2.24) is 9.80 Å². The summed E-state index contributed by atoms with van der Waals surface area (Å²) in [5, 5.41) is 0. The summed E-state index contributed by atoms with van der Waals surface area (Å²) < 4.78 is 40.6. The van der Waals surface area contributed by atoms with Crippen LogP contribution in [0.1, 0.15) is 18.2 Å². The second kappa shape index (κ2) is 8.86. The standard InChI is InChI=1S/C20H21F3N2O3S/c1-14(26)24-10-12-25(13-11-24)19(27)9-7-17-6-8-18(29-17)15-2-4-16(5-3-15)28-20(21,22)23/h2-6,8H,7,9-13H2,1H3. The molecule has 2 heterocycles. The van der Waals surface area contributed by atoms with Crippen molar-refractivity contribution >= 4 is 23.2 Å². The van der Waals surface area contributed by atoms with Crippen molar-refractivity contribution in [2.24, 2.45) is 0 Å². The first-order valence-electron chi connectivity index (χ1n) is 9.19. The number of ether oxygens (including phenoxy) is 1. The van der Waals surface area contributed by atoms with Crippen molar-refractivity contribution in [2.45, 2.75) is 26.1 Å². The number of nitrogens with zero attached hydrogens (tertiary/aromatic N) is 2. The van der Waals surface area contributed by atoms with Gasteiger partial charge in [0.15, 0.2) is 0 Å². The molecular formula is C20H21F3N2O3S. The Morgan fingerprint density at radius 3 is 2.21 bits per heavy atom. The van der Waals surface area contributed by atoms with Crippen molar-refractivity contribution in [1.29, 1.82) is 0 Å². The monoisotopic (exact) mass is 426 g/mol. The molecule has 1 fully saturated rings. The fourth-order valence-electron chi connectivity index (χ4n) is 3.15. The molecule has 1 saturated heterocycles. The summed E-state index contributed by atoms with van der Waals surface area (Å²) in [5.41, 5.74) is 0.794. The molecule has 0 bridgehead atoms. The summed E-state index contributed by atoms with van der Waals surface area (Å²) in [6.07, 6.45) is -3.72. The molecule has 0 N–H and O–H groups in total. The Balaban J connectivity index is 1.51. The molecule has 0 unspecified atom stereocenters. The zero-order valence-electron chi connectivity index (χ0n) is 15.9. The smallest absolute Gasteiger partial charge is 0.406 e. The number of carbonyl (C=O) groups excluding carboxylic acids is 2. The van der Waals surface area contributed by atoms with Crippen molar-refractivity contribution in [3.8, 4) is 16.2 Å². The number of piperazine rings is 1. The van der Waals surface area contributed by atoms with Gasteiger partial charge in [-0.2, -0.15) is 0 Å². The van der Waals surface area contributed by atoms with Crippen LogP contribution in [-0.4, -0.2) is 54.2 Å². The van der Waals surface area contributed by atoms with E-state index < -0.39 is 6.36 Å². The molecule has 2 aromatic rings. The summed E-state index contributed by atoms with van der Waals surface area (Å²) >= 11 is 1.51. The Hall–Kier alpha value is -2.55. The summed E-state index contributed by atoms with van der Waals surface area (Å²) in [6, 6.07) is 9.56. The van der Waals surface area contributed by atoms with E-state index in [4.69, 9.17) is 0 Å². The highest BCUT2D eigenvalue weighted by Crippen LogP contribution is 2.31. The van der Waals surface area contributed by atoms with Gasteiger partial charge in [-0.1, -0.05) is 0 Å². The molecular weight excluding hydrogens is 405 g/mol. The lowest BCUT2D eigenvalue weighted by atomic mass is 10.2. The van der Waals surface area contributed by atoms with E-state index in [1.54, 1.807) is 21.9 Å². The first kappa shape index (κ1) is 21.2. The number of thiophene rings is 1. The minimum atomic E-state index is -4.71. The molecule has 1 aromatic carbocycles. The number of halogens is 3. The molecule has 0 saturated carbocycles. The van der Waals surface area contributed by atoms with Gasteiger partial charge < -0.3 is 14.5 Å². The van der Waals surface area contributed by atoms with Gasteiger partial charge in [-0.3, -0.25) is 9.59 Å². The van der Waals surface area contributed by atoms with Gasteiger partial charge in [-0.15, -0.1) is 24.5 Å². The molecule has 1 aliphatic rings. The highest BCUT2D eigenvalue weighted by molar-refractivity contribution is 7.15. The van der Waals surface area contributed by atoms with Crippen molar-refractivity contribution in [2.75, 3.05) is 26.2 Å². The third kappa shape index (κ3) is 5.96. The van der Waals surface area contributed by atoms with Gasteiger partial charge in [-0.05, 0) is 48.4 Å². The van der Waals surface area contributed by atoms with Gasteiger partial charge in [0.2, 0.25) is 11.8 Å². The van der Waals surface area contributed by atoms with Crippen LogP contribution in [-0.2, 0) is 16.0 Å². The second-order valence-corrected chi connectivity index (χ2v) is 7.89. The van der Waals surface area contributed by atoms with E-state index in [0.29, 0.717) is 39.0 Å². The number of hydrogen-bond acceptors (Lipinski definition) is 4. The predicted octanol–water partition coefficient (Wildman–Crippen LogP) is 3.94. The van der Waals surface area contributed by atoms with Gasteiger partial charge in [0.05, 0.1) is 0 Å². The molecule has 1 aromatic heterocycles. The number of amides is 2. The lowest BCUT2D eigenvalue weighted by Crippen LogP contribution is -2.50. The number of hydrogen-bond donors (Lipinski definition) is 0. The zero-order chi connectivity index (χ0) is 21.0. The van der Waals surface area contributed by atoms with Crippen LogP contribution in [0.25, 0.3) is 10.4 Å². The van der Waals surface area contributed by atoms with Gasteiger partial charge in [0, 0.05) is 49.3 Å². The van der Waals surface area contributed by atoms with Gasteiger partial charge in [0.25, 0.3) is 0 Å². The third-order valence-electron chi connectivity index (χ3n) is 4.70. The maximum Gasteiger partial charge on any atom is 0.573 e. The Morgan fingerprint density at radius 1 is 1.00 bits per heavy atom. The maximum absolute atomic E-state index is 12.4. The average molecular weight is 426 g/mol. The van der Waals surface area contributed by atoms with Gasteiger partial charge in [0.1, 0.15) is 5.75 Å². The molecule has 0 aliphatic carbocycles. The highest BCUT2D eigenvalue weighted by atomic mass is 32.1. The number of alkyl halides is 3. The second-order valence-electron chi connectivity index (χ2n) is 6.72. The number of carbonyl (C=O) groups is 2. The van der Waals surface area contributed by atoms with Crippen LogP contribution in [0.3, 0.4) is 0 Å². The molecule has 0 spiro atoms. The number of aryl methyl sites for hydroxylation is 1. The Bertz CT molecular complexity index is 857. The molecule has 5 nitrogen and oxygen atoms in total. The van der Waals surface area contributed by atoms with E-state index in [1.165, 1.54) is 30.4 Å². The van der Waals surface area contributed by atoms with Crippen molar-refractivity contribution in [3.63, 3.8) is 0 Å². The highest BCUT2D eigenvalue weighted by Gasteiger charge is 2.31. The van der Waals surface area contributed by atoms with Crippen LogP contribution in [0.2, 0.25) is 0 Å². The van der Waals surface area contributed by atoms with Crippen LogP contribution in [0.4, 0.5) is 13.2 Å². The Labute approximate surface area is 170 Å². The maximum atomic E-state index is 12.4. The number of benzene rings is 1. The van der Waals surface area contributed by atoms with E-state index in [2.05, 4.69) is 4.74 Å². The predicted molar refractivity (Wildman–Crippen MR) is 104 cm³/mol. The largest absolute Gasteiger partial charge is 0.573 e. The minimum absolute atomic E-state index is 0.0289. The Kier molecular flexibility index (Phi) is 6.46. The van der Waals surface area contributed by atoms with E-state index in [9.17, 15) is 22.8 Å². The van der Waals surface area contributed by atoms with Crippen LogP contribution in [0.5, 0.6) is 5.75 Å². The molecule has 156 valence electrons. The quantitative estimate of drug-likeness (QED) is 0.728. The van der Waals surface area contributed by atoms with Gasteiger partial charge >= 0.3 is 6.36 Å². The lowest BCUT2D eigenvalue weighted by Gasteiger charge is -2.34. The molecule has 0 radical (unpaired) electrons. The molecule has 0 atom stereocenters. The molecule has 9 heteroatoms. The lowest BCUT2D eigenvalue weighted by molar-refractivity contribution is -0.274. The van der Waals surface area contributed by atoms with Crippen LogP contribution in [0.15, 0.2) is 36.4 Å². The van der Waals surface area contributed by atoms with E-state index in [1.807, 2.05) is 12.1 Å². The normalized spacial score (nSPS) is 14.8. The SMILES string of the molecule is CC(=O)N1CCN(C(=O)CCc2ccc(-c3ccc(OC(F)(F)F)cc3)s2)CC1. The van der Waals surface area contributed by atoms with Gasteiger partial charge in [-0.25, -0.2) is 0 Å². The molecule has 2 amide bonds. The van der Waals surface area contributed by atoms with Crippen molar-refractivity contribution < 1.29 is 27.5 Å². The van der Waals surface area contributed by atoms with E-state index in [0.717, 1.165) is 15.3 Å². The van der Waals surface area contributed by atoms with E-state index >= 15 is 0 Å². The first-order chi connectivity index (χ1) is 13.7. The number of rotatable bonds is 5. The fourth-order valence-corrected chi connectivity index (χ4v) is 4.16. The Morgan fingerprint density at radius 2 is 1.62 bits per heavy atom. The molecule has 29 heavy (non-hydrogen) atoms. The summed E-state index contributed by atoms with van der Waals surface area (Å²) in [5.74, 6) is -0.161. The average Bonchev–Trinajstić information content (AvgIpc) is 3.14. The van der Waals surface area contributed by atoms with Crippen LogP contribution in [0, 0.1) is 0 Å². The fraction of sp³-hybridized carbons (Fsp3) is 0.400. The summed E-state index contributed by atoms with van der Waals surface area (Å²) in [4.78, 5) is 29.2. The summed E-state index contributed by atoms with van der Waals surface area (Å²) in [6.45, 7) is 3.78. The first-order valence-corrected chi connectivity index (χ1v) is 10.0. The molecule has 1 aliphatic heterocycles. The topological polar surface area (TPSA) is 49.9 Å². The van der Waals surface area contributed by atoms with Crippen LogP contribution < -0.4 is 4.74 Å². The summed E-state index contributed by atoms with van der Waals surface area (Å²) in [7, 11) is 0. The van der Waals surface area contributed by atoms with Crippen molar-refractivity contribution in [3.05, 3.63) is 41.3 Å².